The Balaban J connectivity index is 0.000000360. The van der Waals surface area contributed by atoms with Gasteiger partial charge in [-0.2, -0.15) is 18.2 Å². The Labute approximate surface area is 176 Å². The highest BCUT2D eigenvalue weighted by Crippen LogP contribution is 2.37. The van der Waals surface area contributed by atoms with E-state index >= 15 is 0 Å². The predicted molar refractivity (Wildman–Crippen MR) is 111 cm³/mol. The number of rotatable bonds is 2. The summed E-state index contributed by atoms with van der Waals surface area (Å²) in [6, 6.07) is 8.80. The van der Waals surface area contributed by atoms with Gasteiger partial charge in [0.15, 0.2) is 5.95 Å². The molecule has 4 rings (SSSR count). The third-order valence-corrected chi connectivity index (χ3v) is 4.50. The molecule has 10 nitrogen and oxygen atoms in total. The SMILES string of the molecule is Cc1ccc(-c2cc3[nH]c(N)nc(N)c3c3ccnc23)cc1[N+](=O)[O-].O=C(O)C(F)(F)F. The largest absolute Gasteiger partial charge is 0.490 e. The van der Waals surface area contributed by atoms with Gasteiger partial charge >= 0.3 is 12.1 Å². The van der Waals surface area contributed by atoms with Crippen LogP contribution in [-0.4, -0.2) is 37.1 Å². The third-order valence-electron chi connectivity index (χ3n) is 4.50. The van der Waals surface area contributed by atoms with Crippen LogP contribution in [0.1, 0.15) is 5.56 Å². The van der Waals surface area contributed by atoms with Gasteiger partial charge in [0, 0.05) is 34.2 Å². The standard InChI is InChI=1S/C17H14N6O2.C2HF3O2/c1-8-2-3-9(6-13(8)23(24)25)11-7-12-14(10-4-5-20-15(10)11)16(18)22-17(19)21-12;3-2(4,5)1(6)7/h2-7H,18H2,1H3,(H3,19,21,22);(H,6,7). The first-order valence-electron chi connectivity index (χ1n) is 8.78. The summed E-state index contributed by atoms with van der Waals surface area (Å²) in [6.45, 7) is 1.71. The van der Waals surface area contributed by atoms with E-state index in [9.17, 15) is 23.3 Å². The van der Waals surface area contributed by atoms with Crippen molar-refractivity contribution in [2.24, 2.45) is 0 Å². The number of benzene rings is 2. The fraction of sp³-hybridized carbons (Fsp3) is 0.105. The normalized spacial score (nSPS) is 11.2. The molecule has 2 aromatic heterocycles. The van der Waals surface area contributed by atoms with E-state index in [2.05, 4.69) is 15.0 Å². The lowest BCUT2D eigenvalue weighted by molar-refractivity contribution is -0.385. The molecule has 0 saturated heterocycles. The van der Waals surface area contributed by atoms with Crippen LogP contribution in [0.4, 0.5) is 30.6 Å². The van der Waals surface area contributed by atoms with Crippen molar-refractivity contribution in [2.45, 2.75) is 13.1 Å². The van der Waals surface area contributed by atoms with Crippen LogP contribution in [0.25, 0.3) is 32.9 Å². The van der Waals surface area contributed by atoms with Crippen LogP contribution in [0.2, 0.25) is 0 Å². The number of H-pyrrole nitrogens is 1. The Hall–Kier alpha value is -4.42. The number of carbonyl (C=O) groups is 1. The van der Waals surface area contributed by atoms with Crippen molar-refractivity contribution in [3.05, 3.63) is 52.2 Å². The number of nitrogens with one attached hydrogen (secondary N) is 1. The Kier molecular flexibility index (Phi) is 5.58. The fourth-order valence-corrected chi connectivity index (χ4v) is 3.10. The lowest BCUT2D eigenvalue weighted by Crippen LogP contribution is -2.21. The molecule has 0 saturated carbocycles. The number of aromatic amines is 1. The molecule has 4 aromatic rings. The van der Waals surface area contributed by atoms with Crippen LogP contribution < -0.4 is 11.5 Å². The lowest BCUT2D eigenvalue weighted by Gasteiger charge is -2.10. The van der Waals surface area contributed by atoms with Crippen molar-refractivity contribution in [3.63, 3.8) is 0 Å². The molecular formula is C19H15F3N6O4. The number of nitro groups is 1. The van der Waals surface area contributed by atoms with Gasteiger partial charge in [-0.1, -0.05) is 12.1 Å². The Morgan fingerprint density at radius 1 is 1.22 bits per heavy atom. The van der Waals surface area contributed by atoms with Crippen LogP contribution >= 0.6 is 0 Å². The van der Waals surface area contributed by atoms with Gasteiger partial charge in [0.2, 0.25) is 0 Å². The van der Waals surface area contributed by atoms with Gasteiger partial charge in [0.05, 0.1) is 16.0 Å². The van der Waals surface area contributed by atoms with Crippen LogP contribution in [-0.2, 0) is 4.79 Å². The molecule has 0 aliphatic heterocycles. The summed E-state index contributed by atoms with van der Waals surface area (Å²) in [5.74, 6) is -2.25. The maximum Gasteiger partial charge on any atom is 0.490 e. The number of hydrogen-bond acceptors (Lipinski definition) is 7. The van der Waals surface area contributed by atoms with Gasteiger partial charge in [-0.15, -0.1) is 0 Å². The number of aryl methyl sites for hydroxylation is 1. The first kappa shape index (κ1) is 22.3. The Morgan fingerprint density at radius 2 is 1.88 bits per heavy atom. The number of halogens is 3. The molecule has 0 aliphatic carbocycles. The number of anilines is 2. The molecule has 0 bridgehead atoms. The van der Waals surface area contributed by atoms with E-state index in [1.807, 2.05) is 18.2 Å². The number of alkyl halides is 3. The van der Waals surface area contributed by atoms with Crippen LogP contribution in [0.5, 0.6) is 0 Å². The first-order chi connectivity index (χ1) is 14.9. The van der Waals surface area contributed by atoms with Crippen molar-refractivity contribution in [1.29, 1.82) is 0 Å². The van der Waals surface area contributed by atoms with Gasteiger partial charge in [-0.3, -0.25) is 15.1 Å². The number of aromatic nitrogens is 3. The molecule has 0 fully saturated rings. The zero-order chi connectivity index (χ0) is 23.8. The van der Waals surface area contributed by atoms with Crippen molar-refractivity contribution in [2.75, 3.05) is 11.5 Å². The summed E-state index contributed by atoms with van der Waals surface area (Å²) in [4.78, 5) is 31.2. The summed E-state index contributed by atoms with van der Waals surface area (Å²) in [5, 5.41) is 19.9. The number of carboxylic acid groups (broad SMARTS) is 1. The molecule has 0 aliphatic rings. The fourth-order valence-electron chi connectivity index (χ4n) is 3.10. The summed E-state index contributed by atoms with van der Waals surface area (Å²) >= 11 is 0. The molecular weight excluding hydrogens is 433 g/mol. The number of nitrogens with zero attached hydrogens (tertiary/aromatic N) is 3. The topological polar surface area (TPSA) is 174 Å². The van der Waals surface area contributed by atoms with E-state index in [1.165, 1.54) is 0 Å². The van der Waals surface area contributed by atoms with Gasteiger partial charge in [0.1, 0.15) is 5.82 Å². The molecule has 2 heterocycles. The van der Waals surface area contributed by atoms with E-state index in [1.54, 1.807) is 25.3 Å². The average molecular weight is 448 g/mol. The second-order valence-electron chi connectivity index (χ2n) is 6.62. The Bertz CT molecular complexity index is 1370. The maximum absolute atomic E-state index is 11.3. The van der Waals surface area contributed by atoms with Crippen molar-refractivity contribution >= 4 is 45.2 Å². The van der Waals surface area contributed by atoms with Gasteiger partial charge in [-0.25, -0.2) is 4.79 Å². The van der Waals surface area contributed by atoms with E-state index in [4.69, 9.17) is 21.4 Å². The lowest BCUT2D eigenvalue weighted by atomic mass is 9.98. The van der Waals surface area contributed by atoms with E-state index in [-0.39, 0.29) is 16.6 Å². The van der Waals surface area contributed by atoms with E-state index in [0.717, 1.165) is 16.3 Å². The zero-order valence-corrected chi connectivity index (χ0v) is 16.3. The smallest absolute Gasteiger partial charge is 0.475 e. The molecule has 2 aromatic carbocycles. The monoisotopic (exact) mass is 448 g/mol. The number of hydrogen-bond donors (Lipinski definition) is 4. The van der Waals surface area contributed by atoms with Gasteiger partial charge in [-0.05, 0) is 24.6 Å². The number of aliphatic carboxylic acids is 1. The minimum atomic E-state index is -5.08. The summed E-state index contributed by atoms with van der Waals surface area (Å²) in [5.41, 5.74) is 15.3. The molecule has 13 heteroatoms. The molecule has 32 heavy (non-hydrogen) atoms. The number of nitrogens with two attached hydrogens (primary N) is 2. The second kappa shape index (κ2) is 8.02. The molecule has 166 valence electrons. The minimum absolute atomic E-state index is 0.0649. The maximum atomic E-state index is 11.3. The van der Waals surface area contributed by atoms with Crippen molar-refractivity contribution in [3.8, 4) is 11.1 Å². The van der Waals surface area contributed by atoms with Gasteiger partial charge in [0.25, 0.3) is 5.69 Å². The number of nitrogen functional groups attached to an aromatic ring is 2. The zero-order valence-electron chi connectivity index (χ0n) is 16.3. The molecule has 0 spiro atoms. The molecule has 0 radical (unpaired) electrons. The van der Waals surface area contributed by atoms with Crippen molar-refractivity contribution < 1.29 is 28.0 Å². The second-order valence-corrected chi connectivity index (χ2v) is 6.62. The molecule has 6 N–H and O–H groups in total. The number of nitro benzene ring substituents is 1. The predicted octanol–water partition coefficient (Wildman–Crippen LogP) is 3.79. The van der Waals surface area contributed by atoms with Crippen LogP contribution in [0.3, 0.4) is 0 Å². The quantitative estimate of drug-likeness (QED) is 0.265. The van der Waals surface area contributed by atoms with Crippen LogP contribution in [0, 0.1) is 17.0 Å². The summed E-state index contributed by atoms with van der Waals surface area (Å²) < 4.78 is 31.7. The van der Waals surface area contributed by atoms with Gasteiger partial charge < -0.3 is 21.6 Å². The highest BCUT2D eigenvalue weighted by Gasteiger charge is 2.38. The molecule has 0 atom stereocenters. The number of carboxylic acids is 1. The highest BCUT2D eigenvalue weighted by molar-refractivity contribution is 6.15. The summed E-state index contributed by atoms with van der Waals surface area (Å²) in [7, 11) is 0. The summed E-state index contributed by atoms with van der Waals surface area (Å²) in [6.07, 6.45) is -3.41. The molecule has 0 unspecified atom stereocenters. The van der Waals surface area contributed by atoms with Crippen molar-refractivity contribution in [1.82, 2.24) is 15.0 Å². The average Bonchev–Trinajstić information content (AvgIpc) is 3.16. The van der Waals surface area contributed by atoms with E-state index in [0.29, 0.717) is 28.0 Å². The van der Waals surface area contributed by atoms with E-state index < -0.39 is 12.1 Å². The first-order valence-corrected chi connectivity index (χ1v) is 8.78. The highest BCUT2D eigenvalue weighted by atomic mass is 19.4. The third kappa shape index (κ3) is 4.21. The Morgan fingerprint density at radius 3 is 2.47 bits per heavy atom. The molecule has 0 amide bonds. The van der Waals surface area contributed by atoms with Crippen LogP contribution in [0.15, 0.2) is 36.5 Å². The minimum Gasteiger partial charge on any atom is -0.475 e. The number of fused-ring (bicyclic) bond motifs is 3.